The lowest BCUT2D eigenvalue weighted by Gasteiger charge is -2.09. The Bertz CT molecular complexity index is 647. The van der Waals surface area contributed by atoms with Gasteiger partial charge in [0.1, 0.15) is 12.4 Å². The zero-order valence-corrected chi connectivity index (χ0v) is 12.7. The Morgan fingerprint density at radius 1 is 1.30 bits per heavy atom. The Morgan fingerprint density at radius 3 is 2.80 bits per heavy atom. The van der Waals surface area contributed by atoms with E-state index in [-0.39, 0.29) is 5.84 Å². The van der Waals surface area contributed by atoms with Gasteiger partial charge in [0.15, 0.2) is 5.84 Å². The van der Waals surface area contributed by atoms with Crippen LogP contribution >= 0.6 is 27.5 Å². The third-order valence-corrected chi connectivity index (χ3v) is 3.49. The van der Waals surface area contributed by atoms with E-state index in [2.05, 4.69) is 21.1 Å². The molecule has 0 aliphatic carbocycles. The molecule has 0 amide bonds. The summed E-state index contributed by atoms with van der Waals surface area (Å²) in [5, 5.41) is 12.2. The average molecular weight is 356 g/mol. The SMILES string of the molecule is N/C(=N/O)c1cccc(OCc2ccc(Br)cc2Cl)c1. The Morgan fingerprint density at radius 2 is 2.10 bits per heavy atom. The number of ether oxygens (including phenoxy) is 1. The lowest BCUT2D eigenvalue weighted by Crippen LogP contribution is -2.12. The molecule has 0 aliphatic heterocycles. The molecular weight excluding hydrogens is 344 g/mol. The summed E-state index contributed by atoms with van der Waals surface area (Å²) < 4.78 is 6.57. The molecule has 0 bridgehead atoms. The van der Waals surface area contributed by atoms with E-state index in [1.807, 2.05) is 18.2 Å². The Balaban J connectivity index is 2.11. The molecule has 0 spiro atoms. The van der Waals surface area contributed by atoms with Gasteiger partial charge in [-0.25, -0.2) is 0 Å². The van der Waals surface area contributed by atoms with Gasteiger partial charge in [0.2, 0.25) is 0 Å². The van der Waals surface area contributed by atoms with Crippen LogP contribution in [0.25, 0.3) is 0 Å². The fraction of sp³-hybridized carbons (Fsp3) is 0.0714. The molecule has 2 rings (SSSR count). The largest absolute Gasteiger partial charge is 0.489 e. The van der Waals surface area contributed by atoms with Crippen LogP contribution in [0.4, 0.5) is 0 Å². The van der Waals surface area contributed by atoms with Crippen LogP contribution in [0.1, 0.15) is 11.1 Å². The third kappa shape index (κ3) is 3.65. The second kappa shape index (κ2) is 6.63. The highest BCUT2D eigenvalue weighted by molar-refractivity contribution is 9.10. The standard InChI is InChI=1S/C14H12BrClN2O2/c15-11-5-4-10(13(16)7-11)8-20-12-3-1-2-9(6-12)14(17)18-19/h1-7,19H,8H2,(H2,17,18). The Kier molecular flexibility index (Phi) is 4.87. The minimum absolute atomic E-state index is 0.0390. The van der Waals surface area contributed by atoms with Crippen molar-refractivity contribution < 1.29 is 9.94 Å². The van der Waals surface area contributed by atoms with Crippen molar-refractivity contribution in [2.45, 2.75) is 6.61 Å². The number of amidine groups is 1. The molecule has 0 heterocycles. The number of oxime groups is 1. The molecule has 0 unspecified atom stereocenters. The molecule has 2 aromatic rings. The van der Waals surface area contributed by atoms with Gasteiger partial charge < -0.3 is 15.7 Å². The number of rotatable bonds is 4. The summed E-state index contributed by atoms with van der Waals surface area (Å²) >= 11 is 9.47. The van der Waals surface area contributed by atoms with E-state index in [4.69, 9.17) is 27.3 Å². The quantitative estimate of drug-likeness (QED) is 0.379. The lowest BCUT2D eigenvalue weighted by molar-refractivity contribution is 0.306. The summed E-state index contributed by atoms with van der Waals surface area (Å²) in [4.78, 5) is 0. The van der Waals surface area contributed by atoms with Gasteiger partial charge in [-0.05, 0) is 24.3 Å². The highest BCUT2D eigenvalue weighted by atomic mass is 79.9. The van der Waals surface area contributed by atoms with Crippen molar-refractivity contribution in [1.29, 1.82) is 0 Å². The molecule has 2 aromatic carbocycles. The van der Waals surface area contributed by atoms with E-state index in [9.17, 15) is 0 Å². The molecular formula is C14H12BrClN2O2. The summed E-state index contributed by atoms with van der Waals surface area (Å²) in [6.07, 6.45) is 0. The summed E-state index contributed by atoms with van der Waals surface area (Å²) in [6.45, 7) is 0.339. The van der Waals surface area contributed by atoms with Crippen LogP contribution in [0.3, 0.4) is 0 Å². The summed E-state index contributed by atoms with van der Waals surface area (Å²) in [5.41, 5.74) is 7.00. The van der Waals surface area contributed by atoms with Crippen molar-refractivity contribution in [3.05, 3.63) is 63.1 Å². The van der Waals surface area contributed by atoms with E-state index in [0.717, 1.165) is 10.0 Å². The highest BCUT2D eigenvalue weighted by Gasteiger charge is 2.04. The van der Waals surface area contributed by atoms with E-state index >= 15 is 0 Å². The second-order valence-electron chi connectivity index (χ2n) is 4.04. The number of hydrogen-bond acceptors (Lipinski definition) is 3. The first kappa shape index (κ1) is 14.7. The number of benzene rings is 2. The lowest BCUT2D eigenvalue weighted by atomic mass is 10.2. The molecule has 0 atom stereocenters. The van der Waals surface area contributed by atoms with Crippen molar-refractivity contribution in [2.75, 3.05) is 0 Å². The molecule has 0 fully saturated rings. The van der Waals surface area contributed by atoms with Crippen molar-refractivity contribution in [1.82, 2.24) is 0 Å². The van der Waals surface area contributed by atoms with Crippen LogP contribution in [0.5, 0.6) is 5.75 Å². The Labute approximate surface area is 129 Å². The van der Waals surface area contributed by atoms with Crippen molar-refractivity contribution >= 4 is 33.4 Å². The van der Waals surface area contributed by atoms with E-state index in [1.54, 1.807) is 24.3 Å². The molecule has 0 saturated carbocycles. The van der Waals surface area contributed by atoms with Crippen molar-refractivity contribution in [3.63, 3.8) is 0 Å². The molecule has 104 valence electrons. The van der Waals surface area contributed by atoms with Gasteiger partial charge >= 0.3 is 0 Å². The molecule has 0 saturated heterocycles. The highest BCUT2D eigenvalue weighted by Crippen LogP contribution is 2.23. The Hall–Kier alpha value is -1.72. The van der Waals surface area contributed by atoms with Gasteiger partial charge in [0.25, 0.3) is 0 Å². The summed E-state index contributed by atoms with van der Waals surface area (Å²) in [5.74, 6) is 0.658. The molecule has 0 aromatic heterocycles. The summed E-state index contributed by atoms with van der Waals surface area (Å²) in [7, 11) is 0. The maximum absolute atomic E-state index is 8.65. The van der Waals surface area contributed by atoms with Crippen LogP contribution in [0.15, 0.2) is 52.1 Å². The minimum Gasteiger partial charge on any atom is -0.489 e. The first-order chi connectivity index (χ1) is 9.60. The number of hydrogen-bond donors (Lipinski definition) is 2. The third-order valence-electron chi connectivity index (χ3n) is 2.65. The van der Waals surface area contributed by atoms with Gasteiger partial charge in [0.05, 0.1) is 0 Å². The topological polar surface area (TPSA) is 67.8 Å². The van der Waals surface area contributed by atoms with Crippen LogP contribution in [0.2, 0.25) is 5.02 Å². The monoisotopic (exact) mass is 354 g/mol. The summed E-state index contributed by atoms with van der Waals surface area (Å²) in [6, 6.07) is 12.6. The molecule has 3 N–H and O–H groups in total. The van der Waals surface area contributed by atoms with Crippen molar-refractivity contribution in [3.8, 4) is 5.75 Å². The molecule has 4 nitrogen and oxygen atoms in total. The van der Waals surface area contributed by atoms with Gasteiger partial charge in [-0.3, -0.25) is 0 Å². The predicted molar refractivity (Wildman–Crippen MR) is 82.4 cm³/mol. The second-order valence-corrected chi connectivity index (χ2v) is 5.36. The molecule has 20 heavy (non-hydrogen) atoms. The van der Waals surface area contributed by atoms with Gasteiger partial charge in [0, 0.05) is 20.6 Å². The van der Waals surface area contributed by atoms with E-state index in [0.29, 0.717) is 22.9 Å². The normalized spacial score (nSPS) is 11.4. The fourth-order valence-electron chi connectivity index (χ4n) is 1.60. The number of nitrogens with zero attached hydrogens (tertiary/aromatic N) is 1. The maximum Gasteiger partial charge on any atom is 0.170 e. The van der Waals surface area contributed by atoms with Crippen LogP contribution in [0, 0.1) is 0 Å². The van der Waals surface area contributed by atoms with Crippen LogP contribution in [-0.2, 0) is 6.61 Å². The predicted octanol–water partition coefficient (Wildman–Crippen LogP) is 3.78. The fourth-order valence-corrected chi connectivity index (χ4v) is 2.33. The first-order valence-corrected chi connectivity index (χ1v) is 6.92. The molecule has 0 radical (unpaired) electrons. The zero-order chi connectivity index (χ0) is 14.5. The maximum atomic E-state index is 8.65. The van der Waals surface area contributed by atoms with Gasteiger partial charge in [-0.15, -0.1) is 0 Å². The van der Waals surface area contributed by atoms with Gasteiger partial charge in [-0.1, -0.05) is 50.9 Å². The zero-order valence-electron chi connectivity index (χ0n) is 10.4. The van der Waals surface area contributed by atoms with E-state index < -0.39 is 0 Å². The minimum atomic E-state index is 0.0390. The smallest absolute Gasteiger partial charge is 0.170 e. The van der Waals surface area contributed by atoms with Crippen LogP contribution < -0.4 is 10.5 Å². The van der Waals surface area contributed by atoms with Gasteiger partial charge in [-0.2, -0.15) is 0 Å². The first-order valence-electron chi connectivity index (χ1n) is 5.75. The average Bonchev–Trinajstić information content (AvgIpc) is 2.46. The van der Waals surface area contributed by atoms with Crippen molar-refractivity contribution in [2.24, 2.45) is 10.9 Å². The molecule has 6 heteroatoms. The van der Waals surface area contributed by atoms with Crippen LogP contribution in [-0.4, -0.2) is 11.0 Å². The molecule has 0 aliphatic rings. The number of halogens is 2. The van der Waals surface area contributed by atoms with E-state index in [1.165, 1.54) is 0 Å². The number of nitrogens with two attached hydrogens (primary N) is 1.